The number of benzene rings is 1. The van der Waals surface area contributed by atoms with Gasteiger partial charge in [-0.3, -0.25) is 5.10 Å². The van der Waals surface area contributed by atoms with Gasteiger partial charge in [-0.2, -0.15) is 4.98 Å². The number of nitrogens with zero attached hydrogens (tertiary/aromatic N) is 3. The molecular formula is C15H21N5O. The first-order valence-corrected chi connectivity index (χ1v) is 7.27. The Morgan fingerprint density at radius 3 is 3.14 bits per heavy atom. The Balaban J connectivity index is 1.69. The predicted molar refractivity (Wildman–Crippen MR) is 81.9 cm³/mol. The molecule has 0 aliphatic carbocycles. The number of piperazine rings is 1. The first-order chi connectivity index (χ1) is 10.2. The molecule has 0 amide bonds. The van der Waals surface area contributed by atoms with Crippen LogP contribution in [0, 0.1) is 0 Å². The highest BCUT2D eigenvalue weighted by Crippen LogP contribution is 2.16. The summed E-state index contributed by atoms with van der Waals surface area (Å²) in [6.45, 7) is 5.04. The molecule has 6 heteroatoms. The molecule has 2 N–H and O–H groups in total. The van der Waals surface area contributed by atoms with E-state index in [1.165, 1.54) is 0 Å². The monoisotopic (exact) mass is 287 g/mol. The van der Waals surface area contributed by atoms with Crippen LogP contribution in [0.25, 0.3) is 0 Å². The third-order valence-electron chi connectivity index (χ3n) is 3.68. The Labute approximate surface area is 124 Å². The van der Waals surface area contributed by atoms with Crippen LogP contribution in [0.5, 0.6) is 5.75 Å². The van der Waals surface area contributed by atoms with Gasteiger partial charge in [-0.1, -0.05) is 12.1 Å². The molecule has 2 aromatic rings. The second kappa shape index (κ2) is 6.13. The first-order valence-electron chi connectivity index (χ1n) is 7.27. The molecule has 1 aromatic carbocycles. The molecule has 1 aliphatic rings. The van der Waals surface area contributed by atoms with Crippen molar-refractivity contribution in [3.8, 4) is 5.75 Å². The predicted octanol–water partition coefficient (Wildman–Crippen LogP) is 1.20. The quantitative estimate of drug-likeness (QED) is 0.884. The van der Waals surface area contributed by atoms with Gasteiger partial charge in [0, 0.05) is 32.1 Å². The highest BCUT2D eigenvalue weighted by molar-refractivity contribution is 5.33. The van der Waals surface area contributed by atoms with Crippen LogP contribution in [0.1, 0.15) is 18.3 Å². The average Bonchev–Trinajstić information content (AvgIpc) is 2.96. The summed E-state index contributed by atoms with van der Waals surface area (Å²) in [4.78, 5) is 6.82. The molecule has 1 aromatic heterocycles. The van der Waals surface area contributed by atoms with Crippen LogP contribution in [-0.2, 0) is 6.42 Å². The van der Waals surface area contributed by atoms with Crippen LogP contribution < -0.4 is 15.0 Å². The van der Waals surface area contributed by atoms with Crippen molar-refractivity contribution in [2.45, 2.75) is 19.4 Å². The zero-order chi connectivity index (χ0) is 14.7. The molecule has 1 aliphatic heterocycles. The number of methoxy groups -OCH3 is 1. The molecule has 1 fully saturated rings. The van der Waals surface area contributed by atoms with Gasteiger partial charge in [0.1, 0.15) is 11.6 Å². The highest BCUT2D eigenvalue weighted by Gasteiger charge is 2.19. The van der Waals surface area contributed by atoms with Crippen LogP contribution >= 0.6 is 0 Å². The fourth-order valence-electron chi connectivity index (χ4n) is 2.60. The summed E-state index contributed by atoms with van der Waals surface area (Å²) < 4.78 is 5.24. The average molecular weight is 287 g/mol. The Morgan fingerprint density at radius 1 is 1.43 bits per heavy atom. The lowest BCUT2D eigenvalue weighted by molar-refractivity contribution is 0.414. The Bertz CT molecular complexity index is 597. The third kappa shape index (κ3) is 3.33. The molecule has 0 spiro atoms. The molecule has 0 saturated carbocycles. The van der Waals surface area contributed by atoms with Gasteiger partial charge >= 0.3 is 0 Å². The summed E-state index contributed by atoms with van der Waals surface area (Å²) in [5, 5.41) is 10.8. The molecule has 1 saturated heterocycles. The van der Waals surface area contributed by atoms with E-state index >= 15 is 0 Å². The van der Waals surface area contributed by atoms with Gasteiger partial charge in [-0.05, 0) is 24.6 Å². The maximum atomic E-state index is 5.24. The van der Waals surface area contributed by atoms with Gasteiger partial charge in [-0.15, -0.1) is 5.10 Å². The standard InChI is InChI=1S/C15H21N5O/c1-11-10-20(7-6-16-11)15-17-14(18-19-15)9-12-4-3-5-13(8-12)21-2/h3-5,8,11,16H,6-7,9-10H2,1-2H3,(H,17,18,19)/t11-/m1/s1. The van der Waals surface area contributed by atoms with Crippen LogP contribution in [0.15, 0.2) is 24.3 Å². The van der Waals surface area contributed by atoms with Crippen molar-refractivity contribution < 1.29 is 4.74 Å². The first kappa shape index (κ1) is 13.9. The van der Waals surface area contributed by atoms with Gasteiger partial charge < -0.3 is 15.0 Å². The van der Waals surface area contributed by atoms with E-state index in [0.717, 1.165) is 49.1 Å². The fraction of sp³-hybridized carbons (Fsp3) is 0.467. The van der Waals surface area contributed by atoms with Crippen LogP contribution in [0.4, 0.5) is 5.95 Å². The van der Waals surface area contributed by atoms with Crippen molar-refractivity contribution in [1.29, 1.82) is 0 Å². The lowest BCUT2D eigenvalue weighted by Gasteiger charge is -2.30. The van der Waals surface area contributed by atoms with Crippen molar-refractivity contribution in [2.75, 3.05) is 31.6 Å². The minimum atomic E-state index is 0.471. The van der Waals surface area contributed by atoms with Gasteiger partial charge in [0.2, 0.25) is 5.95 Å². The highest BCUT2D eigenvalue weighted by atomic mass is 16.5. The minimum absolute atomic E-state index is 0.471. The SMILES string of the molecule is COc1cccc(Cc2nc(N3CCN[C@H](C)C3)n[nH]2)c1. The van der Waals surface area contributed by atoms with Crippen molar-refractivity contribution >= 4 is 5.95 Å². The molecule has 2 heterocycles. The van der Waals surface area contributed by atoms with E-state index < -0.39 is 0 Å². The van der Waals surface area contributed by atoms with Crippen molar-refractivity contribution in [1.82, 2.24) is 20.5 Å². The maximum absolute atomic E-state index is 5.24. The number of nitrogens with one attached hydrogen (secondary N) is 2. The lowest BCUT2D eigenvalue weighted by atomic mass is 10.1. The summed E-state index contributed by atoms with van der Waals surface area (Å²) in [5.74, 6) is 2.54. The van der Waals surface area contributed by atoms with Crippen LogP contribution in [-0.4, -0.2) is 48.0 Å². The minimum Gasteiger partial charge on any atom is -0.497 e. The molecule has 21 heavy (non-hydrogen) atoms. The van der Waals surface area contributed by atoms with Crippen LogP contribution in [0.3, 0.4) is 0 Å². The molecule has 0 unspecified atom stereocenters. The summed E-state index contributed by atoms with van der Waals surface area (Å²) >= 11 is 0. The fourth-order valence-corrected chi connectivity index (χ4v) is 2.60. The van der Waals surface area contributed by atoms with E-state index in [1.54, 1.807) is 7.11 Å². The molecule has 112 valence electrons. The number of aromatic amines is 1. The lowest BCUT2D eigenvalue weighted by Crippen LogP contribution is -2.49. The maximum Gasteiger partial charge on any atom is 0.244 e. The van der Waals surface area contributed by atoms with E-state index in [4.69, 9.17) is 4.74 Å². The molecule has 6 nitrogen and oxygen atoms in total. The number of rotatable bonds is 4. The third-order valence-corrected chi connectivity index (χ3v) is 3.68. The van der Waals surface area contributed by atoms with Crippen LogP contribution in [0.2, 0.25) is 0 Å². The second-order valence-corrected chi connectivity index (χ2v) is 5.41. The zero-order valence-electron chi connectivity index (χ0n) is 12.5. The summed E-state index contributed by atoms with van der Waals surface area (Å²) in [6.07, 6.45) is 0.728. The Morgan fingerprint density at radius 2 is 2.33 bits per heavy atom. The van der Waals surface area contributed by atoms with Gasteiger partial charge in [-0.25, -0.2) is 0 Å². The van der Waals surface area contributed by atoms with Crippen molar-refractivity contribution in [3.63, 3.8) is 0 Å². The number of hydrogen-bond acceptors (Lipinski definition) is 5. The normalized spacial score (nSPS) is 18.8. The summed E-state index contributed by atoms with van der Waals surface area (Å²) in [7, 11) is 1.68. The van der Waals surface area contributed by atoms with E-state index in [-0.39, 0.29) is 0 Å². The molecule has 0 bridgehead atoms. The van der Waals surface area contributed by atoms with Gasteiger partial charge in [0.05, 0.1) is 7.11 Å². The topological polar surface area (TPSA) is 66.1 Å². The largest absolute Gasteiger partial charge is 0.497 e. The number of H-pyrrole nitrogens is 1. The van der Waals surface area contributed by atoms with E-state index in [9.17, 15) is 0 Å². The van der Waals surface area contributed by atoms with Gasteiger partial charge in [0.25, 0.3) is 0 Å². The summed E-state index contributed by atoms with van der Waals surface area (Å²) in [6, 6.07) is 8.49. The van der Waals surface area contributed by atoms with E-state index in [2.05, 4.69) is 38.4 Å². The Kier molecular flexibility index (Phi) is 4.06. The zero-order valence-corrected chi connectivity index (χ0v) is 12.5. The number of hydrogen-bond donors (Lipinski definition) is 2. The van der Waals surface area contributed by atoms with Gasteiger partial charge in [0.15, 0.2) is 0 Å². The molecule has 3 rings (SSSR count). The van der Waals surface area contributed by atoms with Crippen molar-refractivity contribution in [3.05, 3.63) is 35.7 Å². The van der Waals surface area contributed by atoms with E-state index in [0.29, 0.717) is 6.04 Å². The second-order valence-electron chi connectivity index (χ2n) is 5.41. The smallest absolute Gasteiger partial charge is 0.244 e. The number of ether oxygens (including phenoxy) is 1. The number of anilines is 1. The molecule has 1 atom stereocenters. The van der Waals surface area contributed by atoms with Crippen molar-refractivity contribution in [2.24, 2.45) is 0 Å². The summed E-state index contributed by atoms with van der Waals surface area (Å²) in [5.41, 5.74) is 1.16. The molecular weight excluding hydrogens is 266 g/mol. The number of aromatic nitrogens is 3. The van der Waals surface area contributed by atoms with E-state index in [1.807, 2.05) is 18.2 Å². The molecule has 0 radical (unpaired) electrons. The Hall–Kier alpha value is -2.08.